The van der Waals surface area contributed by atoms with Crippen molar-refractivity contribution in [1.82, 2.24) is 9.88 Å². The minimum atomic E-state index is -0.0919. The predicted molar refractivity (Wildman–Crippen MR) is 84.9 cm³/mol. The number of hydrogen-bond donors (Lipinski definition) is 1. The average molecular weight is 313 g/mol. The zero-order valence-corrected chi connectivity index (χ0v) is 13.0. The number of nitrogens with one attached hydrogen (secondary N) is 1. The highest BCUT2D eigenvalue weighted by Gasteiger charge is 2.28. The summed E-state index contributed by atoms with van der Waals surface area (Å²) in [6.07, 6.45) is 4.25. The van der Waals surface area contributed by atoms with Crippen LogP contribution in [-0.2, 0) is 4.79 Å². The second-order valence-corrected chi connectivity index (χ2v) is 5.73. The van der Waals surface area contributed by atoms with E-state index in [4.69, 9.17) is 4.42 Å². The van der Waals surface area contributed by atoms with Gasteiger partial charge in [0.1, 0.15) is 12.1 Å². The minimum absolute atomic E-state index is 0.0292. The van der Waals surface area contributed by atoms with Crippen molar-refractivity contribution in [3.05, 3.63) is 48.0 Å². The monoisotopic (exact) mass is 313 g/mol. The molecule has 6 nitrogen and oxygen atoms in total. The summed E-state index contributed by atoms with van der Waals surface area (Å²) in [6, 6.07) is 7.19. The van der Waals surface area contributed by atoms with Gasteiger partial charge in [-0.25, -0.2) is 4.98 Å². The summed E-state index contributed by atoms with van der Waals surface area (Å²) in [7, 11) is 0. The molecule has 6 heteroatoms. The summed E-state index contributed by atoms with van der Waals surface area (Å²) in [6.45, 7) is 3.03. The molecule has 2 aromatic heterocycles. The summed E-state index contributed by atoms with van der Waals surface area (Å²) >= 11 is 0. The first kappa shape index (κ1) is 15.3. The van der Waals surface area contributed by atoms with Gasteiger partial charge in [-0.3, -0.25) is 9.59 Å². The third kappa shape index (κ3) is 3.59. The third-order valence-electron chi connectivity index (χ3n) is 4.06. The number of carbonyl (C=O) groups is 2. The van der Waals surface area contributed by atoms with E-state index in [9.17, 15) is 9.59 Å². The Morgan fingerprint density at radius 3 is 2.70 bits per heavy atom. The fourth-order valence-corrected chi connectivity index (χ4v) is 2.75. The topological polar surface area (TPSA) is 75.4 Å². The summed E-state index contributed by atoms with van der Waals surface area (Å²) in [4.78, 5) is 30.6. The highest BCUT2D eigenvalue weighted by molar-refractivity contribution is 5.94. The number of hydrogen-bond acceptors (Lipinski definition) is 4. The maximum absolute atomic E-state index is 12.3. The molecule has 1 aliphatic rings. The Labute approximate surface area is 134 Å². The molecule has 3 heterocycles. The predicted octanol–water partition coefficient (Wildman–Crippen LogP) is 2.47. The molecule has 0 aliphatic carbocycles. The van der Waals surface area contributed by atoms with Crippen molar-refractivity contribution in [2.45, 2.75) is 19.8 Å². The Kier molecular flexibility index (Phi) is 4.41. The van der Waals surface area contributed by atoms with Crippen molar-refractivity contribution >= 4 is 17.6 Å². The smallest absolute Gasteiger partial charge is 0.257 e. The Hall–Kier alpha value is -2.63. The van der Waals surface area contributed by atoms with Crippen LogP contribution in [-0.4, -0.2) is 34.8 Å². The molecule has 0 bridgehead atoms. The lowest BCUT2D eigenvalue weighted by Gasteiger charge is -2.31. The van der Waals surface area contributed by atoms with Crippen LogP contribution in [0.3, 0.4) is 0 Å². The molecule has 2 amide bonds. The van der Waals surface area contributed by atoms with E-state index in [1.165, 1.54) is 12.5 Å². The molecule has 1 N–H and O–H groups in total. The first-order valence-electron chi connectivity index (χ1n) is 7.69. The Morgan fingerprint density at radius 2 is 2.04 bits per heavy atom. The highest BCUT2D eigenvalue weighted by atomic mass is 16.3. The summed E-state index contributed by atoms with van der Waals surface area (Å²) < 4.78 is 4.94. The van der Waals surface area contributed by atoms with Crippen molar-refractivity contribution in [2.75, 3.05) is 18.4 Å². The number of pyridine rings is 1. The number of aryl methyl sites for hydroxylation is 1. The standard InChI is InChI=1S/C17H19N3O3/c1-12-3-2-4-15(18-12)19-16(21)13-5-8-20(9-6-13)17(22)14-7-10-23-11-14/h2-4,7,10-11,13H,5-6,8-9H2,1H3,(H,18,19,21). The Morgan fingerprint density at radius 1 is 1.26 bits per heavy atom. The molecule has 120 valence electrons. The second-order valence-electron chi connectivity index (χ2n) is 5.73. The van der Waals surface area contributed by atoms with Gasteiger partial charge >= 0.3 is 0 Å². The maximum Gasteiger partial charge on any atom is 0.257 e. The summed E-state index contributed by atoms with van der Waals surface area (Å²) in [5, 5.41) is 2.86. The fraction of sp³-hybridized carbons (Fsp3) is 0.353. The number of piperidine rings is 1. The molecule has 0 unspecified atom stereocenters. The first-order chi connectivity index (χ1) is 11.1. The average Bonchev–Trinajstić information content (AvgIpc) is 3.09. The maximum atomic E-state index is 12.3. The number of aromatic nitrogens is 1. The number of anilines is 1. The van der Waals surface area contributed by atoms with Crippen LogP contribution in [0.15, 0.2) is 41.2 Å². The van der Waals surface area contributed by atoms with Gasteiger partial charge in [0, 0.05) is 24.7 Å². The van der Waals surface area contributed by atoms with Gasteiger partial charge in [-0.1, -0.05) is 6.07 Å². The van der Waals surface area contributed by atoms with Crippen LogP contribution in [0.4, 0.5) is 5.82 Å². The van der Waals surface area contributed by atoms with E-state index in [1.54, 1.807) is 17.0 Å². The lowest BCUT2D eigenvalue weighted by molar-refractivity contribution is -0.121. The van der Waals surface area contributed by atoms with Crippen molar-refractivity contribution < 1.29 is 14.0 Å². The van der Waals surface area contributed by atoms with Crippen LogP contribution in [0, 0.1) is 12.8 Å². The van der Waals surface area contributed by atoms with Gasteiger partial charge in [0.15, 0.2) is 0 Å². The van der Waals surface area contributed by atoms with E-state index >= 15 is 0 Å². The van der Waals surface area contributed by atoms with Gasteiger partial charge in [-0.2, -0.15) is 0 Å². The van der Waals surface area contributed by atoms with E-state index in [-0.39, 0.29) is 17.7 Å². The van der Waals surface area contributed by atoms with E-state index in [0.29, 0.717) is 37.3 Å². The van der Waals surface area contributed by atoms with Crippen LogP contribution in [0.25, 0.3) is 0 Å². The molecule has 0 radical (unpaired) electrons. The molecule has 1 fully saturated rings. The lowest BCUT2D eigenvalue weighted by Crippen LogP contribution is -2.41. The summed E-state index contributed by atoms with van der Waals surface area (Å²) in [5.74, 6) is 0.411. The van der Waals surface area contributed by atoms with Crippen LogP contribution >= 0.6 is 0 Å². The van der Waals surface area contributed by atoms with Crippen LogP contribution in [0.1, 0.15) is 28.9 Å². The quantitative estimate of drug-likeness (QED) is 0.944. The van der Waals surface area contributed by atoms with Gasteiger partial charge in [-0.15, -0.1) is 0 Å². The van der Waals surface area contributed by atoms with E-state index in [0.717, 1.165) is 5.69 Å². The van der Waals surface area contributed by atoms with Gasteiger partial charge in [-0.05, 0) is 38.0 Å². The number of amides is 2. The number of likely N-dealkylation sites (tertiary alicyclic amines) is 1. The largest absolute Gasteiger partial charge is 0.472 e. The molecule has 1 aliphatic heterocycles. The molecular weight excluding hydrogens is 294 g/mol. The molecule has 1 saturated heterocycles. The van der Waals surface area contributed by atoms with Crippen LogP contribution in [0.2, 0.25) is 0 Å². The van der Waals surface area contributed by atoms with Gasteiger partial charge in [0.25, 0.3) is 5.91 Å². The van der Waals surface area contributed by atoms with Gasteiger partial charge in [0.05, 0.1) is 11.8 Å². The fourth-order valence-electron chi connectivity index (χ4n) is 2.75. The van der Waals surface area contributed by atoms with Crippen LogP contribution in [0.5, 0.6) is 0 Å². The number of furan rings is 1. The number of rotatable bonds is 3. The zero-order chi connectivity index (χ0) is 16.2. The van der Waals surface area contributed by atoms with Crippen LogP contribution < -0.4 is 5.32 Å². The molecular formula is C17H19N3O3. The molecule has 0 spiro atoms. The highest BCUT2D eigenvalue weighted by Crippen LogP contribution is 2.20. The second kappa shape index (κ2) is 6.64. The SMILES string of the molecule is Cc1cccc(NC(=O)C2CCN(C(=O)c3ccoc3)CC2)n1. The third-order valence-corrected chi connectivity index (χ3v) is 4.06. The van der Waals surface area contributed by atoms with Crippen molar-refractivity contribution in [1.29, 1.82) is 0 Å². The Balaban J connectivity index is 1.54. The summed E-state index contributed by atoms with van der Waals surface area (Å²) in [5.41, 5.74) is 1.42. The molecule has 0 atom stereocenters. The lowest BCUT2D eigenvalue weighted by atomic mass is 9.95. The van der Waals surface area contributed by atoms with Gasteiger partial charge in [0.2, 0.25) is 5.91 Å². The number of nitrogens with zero attached hydrogens (tertiary/aromatic N) is 2. The van der Waals surface area contributed by atoms with Gasteiger partial charge < -0.3 is 14.6 Å². The van der Waals surface area contributed by atoms with E-state index < -0.39 is 0 Å². The van der Waals surface area contributed by atoms with Crippen molar-refractivity contribution in [3.8, 4) is 0 Å². The molecule has 0 aromatic carbocycles. The minimum Gasteiger partial charge on any atom is -0.472 e. The molecule has 2 aromatic rings. The number of carbonyl (C=O) groups excluding carboxylic acids is 2. The van der Waals surface area contributed by atoms with Crippen molar-refractivity contribution in [2.24, 2.45) is 5.92 Å². The van der Waals surface area contributed by atoms with E-state index in [1.807, 2.05) is 19.1 Å². The zero-order valence-electron chi connectivity index (χ0n) is 13.0. The first-order valence-corrected chi connectivity index (χ1v) is 7.69. The molecule has 0 saturated carbocycles. The Bertz CT molecular complexity index is 689. The van der Waals surface area contributed by atoms with E-state index in [2.05, 4.69) is 10.3 Å². The normalized spacial score (nSPS) is 15.4. The van der Waals surface area contributed by atoms with Crippen molar-refractivity contribution in [3.63, 3.8) is 0 Å². The molecule has 3 rings (SSSR count). The molecule has 23 heavy (non-hydrogen) atoms.